The van der Waals surface area contributed by atoms with E-state index >= 15 is 0 Å². The summed E-state index contributed by atoms with van der Waals surface area (Å²) in [5.74, 6) is 0. The van der Waals surface area contributed by atoms with Crippen LogP contribution in [0.4, 0.5) is 4.79 Å². The van der Waals surface area contributed by atoms with Crippen molar-refractivity contribution in [1.82, 2.24) is 10.6 Å². The number of carbonyl (C=O) groups is 2. The Morgan fingerprint density at radius 1 is 1.60 bits per heavy atom. The van der Waals surface area contributed by atoms with Gasteiger partial charge in [0.1, 0.15) is 6.29 Å². The van der Waals surface area contributed by atoms with Crippen molar-refractivity contribution in [2.75, 3.05) is 6.54 Å². The Morgan fingerprint density at radius 3 is 2.80 bits per heavy atom. The van der Waals surface area contributed by atoms with Crippen molar-refractivity contribution in [2.24, 2.45) is 0 Å². The number of hydrogen-bond acceptors (Lipinski definition) is 2. The Bertz CT molecular complexity index is 208. The summed E-state index contributed by atoms with van der Waals surface area (Å²) in [6, 6.07) is -0.247. The van der Waals surface area contributed by atoms with Crippen LogP contribution in [0.15, 0.2) is 11.3 Å². The van der Waals surface area contributed by atoms with E-state index in [1.165, 1.54) is 0 Å². The topological polar surface area (TPSA) is 58.2 Å². The SMILES string of the molecule is CC1=C(C=O)CNC(=O)N1. The first kappa shape index (κ1) is 6.80. The number of urea groups is 1. The molecule has 0 aromatic carbocycles. The highest BCUT2D eigenvalue weighted by Crippen LogP contribution is 1.99. The molecule has 0 atom stereocenters. The standard InChI is InChI=1S/C6H8N2O2/c1-4-5(3-9)2-7-6(10)8-4/h3H,2H2,1H3,(H2,7,8,10). The molecule has 4 heteroatoms. The molecule has 0 aromatic heterocycles. The van der Waals surface area contributed by atoms with Crippen LogP contribution in [-0.2, 0) is 4.79 Å². The van der Waals surface area contributed by atoms with Crippen LogP contribution in [0.2, 0.25) is 0 Å². The van der Waals surface area contributed by atoms with Gasteiger partial charge in [-0.3, -0.25) is 4.79 Å². The fourth-order valence-corrected chi connectivity index (χ4v) is 0.733. The van der Waals surface area contributed by atoms with E-state index < -0.39 is 0 Å². The normalized spacial score (nSPS) is 17.9. The molecule has 0 radical (unpaired) electrons. The summed E-state index contributed by atoms with van der Waals surface area (Å²) in [6.45, 7) is 2.03. The van der Waals surface area contributed by atoms with Gasteiger partial charge in [0.05, 0.1) is 0 Å². The van der Waals surface area contributed by atoms with E-state index in [1.807, 2.05) is 0 Å². The largest absolute Gasteiger partial charge is 0.334 e. The molecule has 0 saturated carbocycles. The smallest absolute Gasteiger partial charge is 0.319 e. The van der Waals surface area contributed by atoms with Crippen molar-refractivity contribution in [1.29, 1.82) is 0 Å². The van der Waals surface area contributed by atoms with Crippen molar-refractivity contribution in [3.8, 4) is 0 Å². The van der Waals surface area contributed by atoms with Gasteiger partial charge in [0.2, 0.25) is 0 Å². The zero-order valence-electron chi connectivity index (χ0n) is 5.60. The monoisotopic (exact) mass is 140 g/mol. The van der Waals surface area contributed by atoms with Gasteiger partial charge in [-0.05, 0) is 6.92 Å². The van der Waals surface area contributed by atoms with E-state index in [4.69, 9.17) is 0 Å². The van der Waals surface area contributed by atoms with Crippen molar-refractivity contribution < 1.29 is 9.59 Å². The van der Waals surface area contributed by atoms with E-state index in [0.717, 1.165) is 6.29 Å². The summed E-state index contributed by atoms with van der Waals surface area (Å²) >= 11 is 0. The molecule has 0 aromatic rings. The minimum atomic E-state index is -0.247. The van der Waals surface area contributed by atoms with Crippen LogP contribution in [0, 0.1) is 0 Å². The molecule has 2 amide bonds. The molecule has 0 fully saturated rings. The molecular weight excluding hydrogens is 132 g/mol. The van der Waals surface area contributed by atoms with Gasteiger partial charge in [-0.2, -0.15) is 0 Å². The van der Waals surface area contributed by atoms with Crippen molar-refractivity contribution in [3.05, 3.63) is 11.3 Å². The van der Waals surface area contributed by atoms with Crippen LogP contribution in [0.1, 0.15) is 6.92 Å². The molecule has 0 saturated heterocycles. The second-order valence-electron chi connectivity index (χ2n) is 2.08. The highest BCUT2D eigenvalue weighted by Gasteiger charge is 2.11. The number of allylic oxidation sites excluding steroid dienone is 1. The first-order valence-corrected chi connectivity index (χ1v) is 2.94. The highest BCUT2D eigenvalue weighted by atomic mass is 16.2. The maximum Gasteiger partial charge on any atom is 0.319 e. The molecule has 1 heterocycles. The minimum absolute atomic E-state index is 0.247. The fourth-order valence-electron chi connectivity index (χ4n) is 0.733. The second kappa shape index (κ2) is 2.51. The van der Waals surface area contributed by atoms with E-state index in [2.05, 4.69) is 10.6 Å². The summed E-state index contributed by atoms with van der Waals surface area (Å²) in [5.41, 5.74) is 1.23. The molecule has 2 N–H and O–H groups in total. The van der Waals surface area contributed by atoms with Gasteiger partial charge < -0.3 is 10.6 Å². The molecule has 10 heavy (non-hydrogen) atoms. The number of hydrogen-bond donors (Lipinski definition) is 2. The molecule has 0 aliphatic carbocycles. The average Bonchev–Trinajstić information content (AvgIpc) is 1.88. The quantitative estimate of drug-likeness (QED) is 0.494. The first-order chi connectivity index (χ1) is 4.74. The lowest BCUT2D eigenvalue weighted by Crippen LogP contribution is -2.41. The number of amides is 2. The van der Waals surface area contributed by atoms with Gasteiger partial charge in [-0.1, -0.05) is 0 Å². The Hall–Kier alpha value is -1.32. The predicted octanol–water partition coefficient (Wildman–Crippen LogP) is -0.228. The number of aldehydes is 1. The molecule has 0 unspecified atom stereocenters. The third-order valence-electron chi connectivity index (χ3n) is 1.36. The number of carbonyl (C=O) groups excluding carboxylic acids is 2. The van der Waals surface area contributed by atoms with E-state index in [9.17, 15) is 9.59 Å². The summed E-state index contributed by atoms with van der Waals surface area (Å²) in [5, 5.41) is 4.95. The molecule has 1 aliphatic heterocycles. The van der Waals surface area contributed by atoms with Crippen LogP contribution in [0.25, 0.3) is 0 Å². The van der Waals surface area contributed by atoms with Crippen LogP contribution in [-0.4, -0.2) is 18.9 Å². The third kappa shape index (κ3) is 1.15. The molecule has 0 bridgehead atoms. The van der Waals surface area contributed by atoms with Gasteiger partial charge in [-0.15, -0.1) is 0 Å². The van der Waals surface area contributed by atoms with Gasteiger partial charge in [0.15, 0.2) is 0 Å². The van der Waals surface area contributed by atoms with E-state index in [0.29, 0.717) is 17.8 Å². The Morgan fingerprint density at radius 2 is 2.30 bits per heavy atom. The summed E-state index contributed by atoms with van der Waals surface area (Å²) in [6.07, 6.45) is 0.738. The molecule has 0 spiro atoms. The highest BCUT2D eigenvalue weighted by molar-refractivity contribution is 5.84. The van der Waals surface area contributed by atoms with Crippen molar-refractivity contribution in [2.45, 2.75) is 6.92 Å². The zero-order valence-corrected chi connectivity index (χ0v) is 5.60. The Labute approximate surface area is 58.3 Å². The zero-order chi connectivity index (χ0) is 7.56. The summed E-state index contributed by atoms with van der Waals surface area (Å²) in [7, 11) is 0. The van der Waals surface area contributed by atoms with Gasteiger partial charge in [-0.25, -0.2) is 4.79 Å². The van der Waals surface area contributed by atoms with Crippen LogP contribution >= 0.6 is 0 Å². The van der Waals surface area contributed by atoms with E-state index in [-0.39, 0.29) is 6.03 Å². The Kier molecular flexibility index (Phi) is 1.71. The van der Waals surface area contributed by atoms with Crippen LogP contribution in [0.3, 0.4) is 0 Å². The third-order valence-corrected chi connectivity index (χ3v) is 1.36. The lowest BCUT2D eigenvalue weighted by Gasteiger charge is -2.15. The van der Waals surface area contributed by atoms with E-state index in [1.54, 1.807) is 6.92 Å². The van der Waals surface area contributed by atoms with Gasteiger partial charge in [0.25, 0.3) is 0 Å². The maximum atomic E-state index is 10.6. The lowest BCUT2D eigenvalue weighted by atomic mass is 10.2. The van der Waals surface area contributed by atoms with Gasteiger partial charge in [0, 0.05) is 17.8 Å². The fraction of sp³-hybridized carbons (Fsp3) is 0.333. The lowest BCUT2D eigenvalue weighted by molar-refractivity contribution is -0.105. The van der Waals surface area contributed by atoms with Gasteiger partial charge >= 0.3 is 6.03 Å². The molecule has 54 valence electrons. The Balaban J connectivity index is 2.80. The summed E-state index contributed by atoms with van der Waals surface area (Å²) < 4.78 is 0. The molecule has 1 rings (SSSR count). The van der Waals surface area contributed by atoms with Crippen LogP contribution < -0.4 is 10.6 Å². The summed E-state index contributed by atoms with van der Waals surface area (Å²) in [4.78, 5) is 20.8. The first-order valence-electron chi connectivity index (χ1n) is 2.94. The predicted molar refractivity (Wildman–Crippen MR) is 35.3 cm³/mol. The second-order valence-corrected chi connectivity index (χ2v) is 2.08. The number of rotatable bonds is 1. The maximum absolute atomic E-state index is 10.6. The van der Waals surface area contributed by atoms with Crippen molar-refractivity contribution >= 4 is 12.3 Å². The average molecular weight is 140 g/mol. The number of nitrogens with one attached hydrogen (secondary N) is 2. The molecule has 1 aliphatic rings. The minimum Gasteiger partial charge on any atom is -0.334 e. The van der Waals surface area contributed by atoms with Crippen molar-refractivity contribution in [3.63, 3.8) is 0 Å². The van der Waals surface area contributed by atoms with Crippen LogP contribution in [0.5, 0.6) is 0 Å². The molecular formula is C6H8N2O2. The molecule has 4 nitrogen and oxygen atoms in total.